The maximum Gasteiger partial charge on any atom is 0.335 e. The maximum atomic E-state index is 12.1. The first-order chi connectivity index (χ1) is 9.97. The maximum absolute atomic E-state index is 12.1. The summed E-state index contributed by atoms with van der Waals surface area (Å²) in [5.74, 6) is -0.996. The fourth-order valence-corrected chi connectivity index (χ4v) is 1.86. The van der Waals surface area contributed by atoms with Crippen LogP contribution >= 0.6 is 0 Å². The molecule has 0 spiro atoms. The number of urea groups is 1. The molecule has 0 heterocycles. The first-order valence-electron chi connectivity index (χ1n) is 6.42. The zero-order chi connectivity index (χ0) is 15.4. The van der Waals surface area contributed by atoms with Gasteiger partial charge in [0.2, 0.25) is 0 Å². The number of aromatic carboxylic acids is 1. The third-order valence-electron chi connectivity index (χ3n) is 3.08. The molecule has 2 amide bonds. The summed E-state index contributed by atoms with van der Waals surface area (Å²) in [4.78, 5) is 24.4. The smallest absolute Gasteiger partial charge is 0.335 e. The van der Waals surface area contributed by atoms with Crippen LogP contribution in [0.1, 0.15) is 15.9 Å². The minimum absolute atomic E-state index is 0.181. The number of aryl methyl sites for hydroxylation is 1. The van der Waals surface area contributed by atoms with Crippen LogP contribution in [0.2, 0.25) is 0 Å². The molecule has 2 N–H and O–H groups in total. The zero-order valence-corrected chi connectivity index (χ0v) is 11.8. The molecule has 0 aromatic heterocycles. The van der Waals surface area contributed by atoms with Gasteiger partial charge in [-0.3, -0.25) is 4.90 Å². The quantitative estimate of drug-likeness (QED) is 0.908. The SMILES string of the molecule is Cc1cccc(N(C)C(=O)Nc2ccc(C(=O)O)cc2)c1. The fourth-order valence-electron chi connectivity index (χ4n) is 1.86. The molecule has 2 aromatic carbocycles. The molecular weight excluding hydrogens is 268 g/mol. The van der Waals surface area contributed by atoms with Gasteiger partial charge in [0.25, 0.3) is 0 Å². The Morgan fingerprint density at radius 1 is 1.10 bits per heavy atom. The van der Waals surface area contributed by atoms with E-state index in [2.05, 4.69) is 5.32 Å². The van der Waals surface area contributed by atoms with Crippen LogP contribution in [-0.2, 0) is 0 Å². The highest BCUT2D eigenvalue weighted by atomic mass is 16.4. The highest BCUT2D eigenvalue weighted by molar-refractivity contribution is 6.01. The molecule has 5 heteroatoms. The Hall–Kier alpha value is -2.82. The minimum atomic E-state index is -0.996. The van der Waals surface area contributed by atoms with E-state index in [1.165, 1.54) is 17.0 Å². The fraction of sp³-hybridized carbons (Fsp3) is 0.125. The molecule has 5 nitrogen and oxygen atoms in total. The van der Waals surface area contributed by atoms with Crippen molar-refractivity contribution in [3.05, 3.63) is 59.7 Å². The summed E-state index contributed by atoms with van der Waals surface area (Å²) in [6, 6.07) is 13.3. The predicted molar refractivity (Wildman–Crippen MR) is 82.0 cm³/mol. The van der Waals surface area contributed by atoms with E-state index >= 15 is 0 Å². The summed E-state index contributed by atoms with van der Waals surface area (Å²) in [5, 5.41) is 11.5. The van der Waals surface area contributed by atoms with Gasteiger partial charge in [-0.05, 0) is 48.9 Å². The van der Waals surface area contributed by atoms with Crippen LogP contribution < -0.4 is 10.2 Å². The van der Waals surface area contributed by atoms with Crippen molar-refractivity contribution in [1.29, 1.82) is 0 Å². The Labute approximate surface area is 122 Å². The van der Waals surface area contributed by atoms with Crippen LogP contribution in [0.4, 0.5) is 16.2 Å². The average Bonchev–Trinajstić information content (AvgIpc) is 2.47. The number of hydrogen-bond donors (Lipinski definition) is 2. The van der Waals surface area contributed by atoms with Gasteiger partial charge in [0.05, 0.1) is 5.56 Å². The lowest BCUT2D eigenvalue weighted by atomic mass is 10.2. The van der Waals surface area contributed by atoms with Crippen molar-refractivity contribution in [3.8, 4) is 0 Å². The van der Waals surface area contributed by atoms with E-state index in [4.69, 9.17) is 5.11 Å². The van der Waals surface area contributed by atoms with Gasteiger partial charge in [0.15, 0.2) is 0 Å². The van der Waals surface area contributed by atoms with Gasteiger partial charge in [-0.1, -0.05) is 12.1 Å². The van der Waals surface area contributed by atoms with Crippen molar-refractivity contribution in [1.82, 2.24) is 0 Å². The number of carbonyl (C=O) groups is 2. The third-order valence-corrected chi connectivity index (χ3v) is 3.08. The van der Waals surface area contributed by atoms with Gasteiger partial charge in [-0.15, -0.1) is 0 Å². The van der Waals surface area contributed by atoms with Crippen molar-refractivity contribution < 1.29 is 14.7 Å². The van der Waals surface area contributed by atoms with Crippen LogP contribution in [0.25, 0.3) is 0 Å². The van der Waals surface area contributed by atoms with Crippen LogP contribution in [-0.4, -0.2) is 24.2 Å². The Bertz CT molecular complexity index is 665. The second kappa shape index (κ2) is 6.09. The average molecular weight is 284 g/mol. The molecule has 0 radical (unpaired) electrons. The standard InChI is InChI=1S/C16H16N2O3/c1-11-4-3-5-14(10-11)18(2)16(21)17-13-8-6-12(7-9-13)15(19)20/h3-10H,1-2H3,(H,17,21)(H,19,20). The molecule has 2 rings (SSSR count). The summed E-state index contributed by atoms with van der Waals surface area (Å²) in [6.07, 6.45) is 0. The lowest BCUT2D eigenvalue weighted by Gasteiger charge is -2.18. The number of nitrogens with one attached hydrogen (secondary N) is 1. The lowest BCUT2D eigenvalue weighted by molar-refractivity contribution is 0.0697. The monoisotopic (exact) mass is 284 g/mol. The van der Waals surface area contributed by atoms with E-state index in [9.17, 15) is 9.59 Å². The van der Waals surface area contributed by atoms with Crippen molar-refractivity contribution in [2.75, 3.05) is 17.3 Å². The number of benzene rings is 2. The molecule has 0 saturated heterocycles. The van der Waals surface area contributed by atoms with Crippen LogP contribution in [0.5, 0.6) is 0 Å². The third kappa shape index (κ3) is 3.60. The Morgan fingerprint density at radius 3 is 2.33 bits per heavy atom. The van der Waals surface area contributed by atoms with Crippen LogP contribution in [0.3, 0.4) is 0 Å². The number of hydrogen-bond acceptors (Lipinski definition) is 2. The molecular formula is C16H16N2O3. The number of rotatable bonds is 3. The van der Waals surface area contributed by atoms with Crippen molar-refractivity contribution in [2.24, 2.45) is 0 Å². The summed E-state index contributed by atoms with van der Waals surface area (Å²) in [5.41, 5.74) is 2.58. The number of carbonyl (C=O) groups excluding carboxylic acids is 1. The second-order valence-corrected chi connectivity index (χ2v) is 4.71. The highest BCUT2D eigenvalue weighted by Crippen LogP contribution is 2.16. The molecule has 2 aromatic rings. The summed E-state index contributed by atoms with van der Waals surface area (Å²) < 4.78 is 0. The van der Waals surface area contributed by atoms with E-state index in [1.807, 2.05) is 31.2 Å². The number of amides is 2. The first-order valence-corrected chi connectivity index (χ1v) is 6.42. The van der Waals surface area contributed by atoms with Crippen LogP contribution in [0, 0.1) is 6.92 Å². The van der Waals surface area contributed by atoms with Crippen molar-refractivity contribution >= 4 is 23.4 Å². The number of nitrogens with zero attached hydrogens (tertiary/aromatic N) is 1. The molecule has 0 atom stereocenters. The molecule has 108 valence electrons. The van der Waals surface area contributed by atoms with Gasteiger partial charge in [-0.25, -0.2) is 9.59 Å². The van der Waals surface area contributed by atoms with E-state index in [0.717, 1.165) is 11.3 Å². The molecule has 0 aliphatic carbocycles. The second-order valence-electron chi connectivity index (χ2n) is 4.71. The van der Waals surface area contributed by atoms with E-state index in [0.29, 0.717) is 5.69 Å². The van der Waals surface area contributed by atoms with Crippen LogP contribution in [0.15, 0.2) is 48.5 Å². The molecule has 0 unspecified atom stereocenters. The molecule has 0 fully saturated rings. The number of anilines is 2. The molecule has 21 heavy (non-hydrogen) atoms. The Morgan fingerprint density at radius 2 is 1.76 bits per heavy atom. The summed E-state index contributed by atoms with van der Waals surface area (Å²) in [7, 11) is 1.68. The number of carboxylic acid groups (broad SMARTS) is 1. The van der Waals surface area contributed by atoms with E-state index in [1.54, 1.807) is 19.2 Å². The molecule has 0 saturated carbocycles. The lowest BCUT2D eigenvalue weighted by Crippen LogP contribution is -2.31. The molecule has 0 aliphatic heterocycles. The van der Waals surface area contributed by atoms with E-state index < -0.39 is 5.97 Å². The molecule has 0 aliphatic rings. The topological polar surface area (TPSA) is 69.6 Å². The van der Waals surface area contributed by atoms with Gasteiger partial charge >= 0.3 is 12.0 Å². The summed E-state index contributed by atoms with van der Waals surface area (Å²) >= 11 is 0. The van der Waals surface area contributed by atoms with Gasteiger partial charge < -0.3 is 10.4 Å². The first kappa shape index (κ1) is 14.6. The van der Waals surface area contributed by atoms with E-state index in [-0.39, 0.29) is 11.6 Å². The zero-order valence-electron chi connectivity index (χ0n) is 11.8. The normalized spacial score (nSPS) is 10.0. The Balaban J connectivity index is 2.08. The van der Waals surface area contributed by atoms with Crippen molar-refractivity contribution in [2.45, 2.75) is 6.92 Å². The molecule has 0 bridgehead atoms. The predicted octanol–water partition coefficient (Wildman–Crippen LogP) is 3.36. The summed E-state index contributed by atoms with van der Waals surface area (Å²) in [6.45, 7) is 1.96. The largest absolute Gasteiger partial charge is 0.478 e. The van der Waals surface area contributed by atoms with Gasteiger partial charge in [-0.2, -0.15) is 0 Å². The number of carboxylic acids is 1. The Kier molecular flexibility index (Phi) is 4.23. The minimum Gasteiger partial charge on any atom is -0.478 e. The van der Waals surface area contributed by atoms with Gasteiger partial charge in [0.1, 0.15) is 0 Å². The highest BCUT2D eigenvalue weighted by Gasteiger charge is 2.11. The van der Waals surface area contributed by atoms with Crippen molar-refractivity contribution in [3.63, 3.8) is 0 Å². The van der Waals surface area contributed by atoms with Gasteiger partial charge in [0, 0.05) is 18.4 Å².